The van der Waals surface area contributed by atoms with Crippen molar-refractivity contribution in [2.24, 2.45) is 23.7 Å². The first-order chi connectivity index (χ1) is 13.1. The van der Waals surface area contributed by atoms with Crippen LogP contribution in [0.3, 0.4) is 0 Å². The van der Waals surface area contributed by atoms with Gasteiger partial charge in [-0.1, -0.05) is 27.7 Å². The minimum atomic E-state index is -0.593. The SMILES string of the molecule is CC[C@H]1OC(=O)[C@H](C)[C@@H](OC(=O)CCN(C)C)[C@@H](C)C[C@@H](C)C(=O)CC[C@H]1C. The van der Waals surface area contributed by atoms with Crippen molar-refractivity contribution in [1.29, 1.82) is 0 Å². The van der Waals surface area contributed by atoms with Crippen LogP contribution in [0.2, 0.25) is 0 Å². The molecule has 0 amide bonds. The summed E-state index contributed by atoms with van der Waals surface area (Å²) in [6.45, 7) is 10.2. The number of hydrogen-bond donors (Lipinski definition) is 0. The van der Waals surface area contributed by atoms with E-state index in [2.05, 4.69) is 0 Å². The van der Waals surface area contributed by atoms with Gasteiger partial charge in [-0.05, 0) is 52.1 Å². The maximum absolute atomic E-state index is 12.8. The van der Waals surface area contributed by atoms with Crippen molar-refractivity contribution in [2.45, 2.75) is 78.9 Å². The Morgan fingerprint density at radius 3 is 2.36 bits per heavy atom. The molecule has 1 heterocycles. The van der Waals surface area contributed by atoms with Crippen LogP contribution in [0.25, 0.3) is 0 Å². The Hall–Kier alpha value is -1.43. The molecule has 1 fully saturated rings. The summed E-state index contributed by atoms with van der Waals surface area (Å²) in [6.07, 6.45) is 1.95. The van der Waals surface area contributed by atoms with E-state index in [4.69, 9.17) is 9.47 Å². The quantitative estimate of drug-likeness (QED) is 0.662. The van der Waals surface area contributed by atoms with Gasteiger partial charge in [0, 0.05) is 18.9 Å². The molecule has 6 atom stereocenters. The summed E-state index contributed by atoms with van der Waals surface area (Å²) < 4.78 is 11.5. The Balaban J connectivity index is 3.03. The number of esters is 2. The Morgan fingerprint density at radius 2 is 1.79 bits per heavy atom. The second-order valence-electron chi connectivity index (χ2n) is 8.78. The van der Waals surface area contributed by atoms with Crippen molar-refractivity contribution in [3.8, 4) is 0 Å². The first-order valence-electron chi connectivity index (χ1n) is 10.6. The summed E-state index contributed by atoms with van der Waals surface area (Å²) in [6, 6.07) is 0. The van der Waals surface area contributed by atoms with Crippen molar-refractivity contribution in [1.82, 2.24) is 4.90 Å². The first-order valence-corrected chi connectivity index (χ1v) is 10.6. The molecule has 1 saturated heterocycles. The maximum Gasteiger partial charge on any atom is 0.312 e. The molecular weight excluding hydrogens is 358 g/mol. The van der Waals surface area contributed by atoms with Crippen molar-refractivity contribution < 1.29 is 23.9 Å². The molecule has 0 spiro atoms. The fourth-order valence-electron chi connectivity index (χ4n) is 3.85. The van der Waals surface area contributed by atoms with Gasteiger partial charge in [0.2, 0.25) is 0 Å². The van der Waals surface area contributed by atoms with Crippen LogP contribution in [-0.2, 0) is 23.9 Å². The van der Waals surface area contributed by atoms with E-state index < -0.39 is 12.0 Å². The number of carbonyl (C=O) groups excluding carboxylic acids is 3. The Labute approximate surface area is 170 Å². The van der Waals surface area contributed by atoms with Crippen molar-refractivity contribution in [3.05, 3.63) is 0 Å². The summed E-state index contributed by atoms with van der Waals surface area (Å²) in [7, 11) is 3.79. The van der Waals surface area contributed by atoms with E-state index >= 15 is 0 Å². The number of hydrogen-bond acceptors (Lipinski definition) is 6. The van der Waals surface area contributed by atoms with Crippen LogP contribution in [0.5, 0.6) is 0 Å². The van der Waals surface area contributed by atoms with Crippen LogP contribution in [-0.4, -0.2) is 55.5 Å². The number of carbonyl (C=O) groups is 3. The molecule has 162 valence electrons. The zero-order chi connectivity index (χ0) is 21.4. The zero-order valence-electron chi connectivity index (χ0n) is 18.7. The number of cyclic esters (lactones) is 1. The Kier molecular flexibility index (Phi) is 10.1. The van der Waals surface area contributed by atoms with E-state index in [0.29, 0.717) is 25.8 Å². The topological polar surface area (TPSA) is 72.9 Å². The van der Waals surface area contributed by atoms with Gasteiger partial charge in [-0.2, -0.15) is 0 Å². The highest BCUT2D eigenvalue weighted by atomic mass is 16.6. The largest absolute Gasteiger partial charge is 0.462 e. The highest BCUT2D eigenvalue weighted by Crippen LogP contribution is 2.29. The van der Waals surface area contributed by atoms with Gasteiger partial charge in [-0.25, -0.2) is 0 Å². The van der Waals surface area contributed by atoms with Gasteiger partial charge >= 0.3 is 11.9 Å². The number of ether oxygens (including phenoxy) is 2. The highest BCUT2D eigenvalue weighted by molar-refractivity contribution is 5.80. The van der Waals surface area contributed by atoms with Gasteiger partial charge in [0.15, 0.2) is 0 Å². The Bertz CT molecular complexity index is 533. The molecule has 6 heteroatoms. The van der Waals surface area contributed by atoms with E-state index in [0.717, 1.165) is 6.42 Å². The third-order valence-electron chi connectivity index (χ3n) is 5.88. The molecule has 1 rings (SSSR count). The van der Waals surface area contributed by atoms with Crippen LogP contribution < -0.4 is 0 Å². The molecule has 6 nitrogen and oxygen atoms in total. The lowest BCUT2D eigenvalue weighted by Crippen LogP contribution is -2.40. The third kappa shape index (κ3) is 7.53. The van der Waals surface area contributed by atoms with E-state index in [1.54, 1.807) is 6.92 Å². The predicted molar refractivity (Wildman–Crippen MR) is 109 cm³/mol. The summed E-state index contributed by atoms with van der Waals surface area (Å²) in [4.78, 5) is 39.6. The van der Waals surface area contributed by atoms with Crippen LogP contribution in [0.15, 0.2) is 0 Å². The zero-order valence-corrected chi connectivity index (χ0v) is 18.7. The second kappa shape index (κ2) is 11.5. The van der Waals surface area contributed by atoms with Gasteiger partial charge in [-0.3, -0.25) is 14.4 Å². The molecular formula is C22H39NO5. The lowest BCUT2D eigenvalue weighted by atomic mass is 9.83. The minimum absolute atomic E-state index is 0.110. The van der Waals surface area contributed by atoms with E-state index in [-0.39, 0.29) is 48.0 Å². The monoisotopic (exact) mass is 397 g/mol. The summed E-state index contributed by atoms with van der Waals surface area (Å²) >= 11 is 0. The molecule has 0 N–H and O–H groups in total. The van der Waals surface area contributed by atoms with Crippen molar-refractivity contribution in [3.63, 3.8) is 0 Å². The van der Waals surface area contributed by atoms with Crippen LogP contribution >= 0.6 is 0 Å². The van der Waals surface area contributed by atoms with Crippen LogP contribution in [0.4, 0.5) is 0 Å². The average Bonchev–Trinajstić information content (AvgIpc) is 2.64. The van der Waals surface area contributed by atoms with Gasteiger partial charge in [0.1, 0.15) is 18.0 Å². The molecule has 0 saturated carbocycles. The number of rotatable bonds is 5. The van der Waals surface area contributed by atoms with Gasteiger partial charge in [0.05, 0.1) is 12.3 Å². The van der Waals surface area contributed by atoms with E-state index in [9.17, 15) is 14.4 Å². The molecule has 0 aromatic heterocycles. The molecule has 0 unspecified atom stereocenters. The predicted octanol–water partition coefficient (Wildman–Crippen LogP) is 3.47. The minimum Gasteiger partial charge on any atom is -0.462 e. The highest BCUT2D eigenvalue weighted by Gasteiger charge is 2.36. The van der Waals surface area contributed by atoms with E-state index in [1.165, 1.54) is 0 Å². The second-order valence-corrected chi connectivity index (χ2v) is 8.78. The van der Waals surface area contributed by atoms with Gasteiger partial charge in [-0.15, -0.1) is 0 Å². The van der Waals surface area contributed by atoms with Crippen molar-refractivity contribution >= 4 is 17.7 Å². The van der Waals surface area contributed by atoms with Gasteiger partial charge in [0.25, 0.3) is 0 Å². The fourth-order valence-corrected chi connectivity index (χ4v) is 3.85. The lowest BCUT2D eigenvalue weighted by molar-refractivity contribution is -0.170. The number of Topliss-reactive ketones (excluding diaryl/α,β-unsaturated/α-hetero) is 1. The van der Waals surface area contributed by atoms with Gasteiger partial charge < -0.3 is 14.4 Å². The van der Waals surface area contributed by atoms with Crippen molar-refractivity contribution in [2.75, 3.05) is 20.6 Å². The summed E-state index contributed by atoms with van der Waals surface area (Å²) in [5.41, 5.74) is 0. The molecule has 0 aromatic rings. The van der Waals surface area contributed by atoms with Crippen LogP contribution in [0.1, 0.15) is 66.7 Å². The Morgan fingerprint density at radius 1 is 1.14 bits per heavy atom. The van der Waals surface area contributed by atoms with E-state index in [1.807, 2.05) is 46.7 Å². The lowest BCUT2D eigenvalue weighted by Gasteiger charge is -2.32. The number of nitrogens with zero attached hydrogens (tertiary/aromatic N) is 1. The molecule has 1 aliphatic rings. The summed E-state index contributed by atoms with van der Waals surface area (Å²) in [5.74, 6) is -1.09. The molecule has 0 bridgehead atoms. The standard InChI is InChI=1S/C22H39NO5/c1-8-19-14(2)9-10-18(24)15(3)13-16(4)21(17(5)22(26)27-19)28-20(25)11-12-23(6)7/h14-17,19,21H,8-13H2,1-7H3/t14-,15-,16+,17-,19-,21+/m1/s1. The average molecular weight is 398 g/mol. The molecule has 0 aliphatic carbocycles. The molecule has 0 radical (unpaired) electrons. The fraction of sp³-hybridized carbons (Fsp3) is 0.864. The molecule has 28 heavy (non-hydrogen) atoms. The normalized spacial score (nSPS) is 33.0. The molecule has 0 aromatic carbocycles. The molecule has 1 aliphatic heterocycles. The third-order valence-corrected chi connectivity index (χ3v) is 5.88. The smallest absolute Gasteiger partial charge is 0.312 e. The van der Waals surface area contributed by atoms with Crippen LogP contribution in [0, 0.1) is 23.7 Å². The number of ketones is 1. The first kappa shape index (κ1) is 24.6. The summed E-state index contributed by atoms with van der Waals surface area (Å²) in [5, 5.41) is 0. The maximum atomic E-state index is 12.8.